The monoisotopic (exact) mass is 457 g/mol. The van der Waals surface area contributed by atoms with E-state index in [1.54, 1.807) is 0 Å². The van der Waals surface area contributed by atoms with Crippen molar-refractivity contribution >= 4 is 43.7 Å². The third kappa shape index (κ3) is 5.14. The van der Waals surface area contributed by atoms with Gasteiger partial charge in [0.1, 0.15) is 5.82 Å². The Hall–Kier alpha value is -1.73. The normalized spacial score (nSPS) is 11.7. The summed E-state index contributed by atoms with van der Waals surface area (Å²) in [5, 5.41) is 2.73. The van der Waals surface area contributed by atoms with Crippen LogP contribution in [0.15, 0.2) is 51.4 Å². The van der Waals surface area contributed by atoms with Gasteiger partial charge in [-0.25, -0.2) is 9.18 Å². The minimum atomic E-state index is -0.771. The fourth-order valence-electron chi connectivity index (χ4n) is 1.98. The van der Waals surface area contributed by atoms with Crippen LogP contribution in [0.25, 0.3) is 0 Å². The molecule has 24 heavy (non-hydrogen) atoms. The highest BCUT2D eigenvalue weighted by atomic mass is 79.9. The van der Waals surface area contributed by atoms with Crippen LogP contribution in [-0.2, 0) is 9.53 Å². The fourth-order valence-corrected chi connectivity index (χ4v) is 2.65. The van der Waals surface area contributed by atoms with Crippen molar-refractivity contribution in [1.29, 1.82) is 0 Å². The quantitative estimate of drug-likeness (QED) is 0.676. The molecule has 7 heteroatoms. The number of carbonyl (C=O) groups is 2. The van der Waals surface area contributed by atoms with Gasteiger partial charge in [-0.2, -0.15) is 0 Å². The lowest BCUT2D eigenvalue weighted by atomic mass is 10.1. The van der Waals surface area contributed by atoms with E-state index >= 15 is 0 Å². The standard InChI is InChI=1S/C17H14Br2FNO3/c1-10(11-2-4-12(18)5-3-11)21-16(22)9-24-17(23)14-8-13(20)6-7-15(14)19/h2-8,10H,9H2,1H3,(H,21,22). The number of carbonyl (C=O) groups excluding carboxylic acids is 2. The molecule has 0 aromatic heterocycles. The van der Waals surface area contributed by atoms with E-state index in [2.05, 4.69) is 37.2 Å². The molecule has 0 aliphatic rings. The Labute approximate surface area is 155 Å². The summed E-state index contributed by atoms with van der Waals surface area (Å²) in [5.41, 5.74) is 0.953. The number of amides is 1. The summed E-state index contributed by atoms with van der Waals surface area (Å²) in [7, 11) is 0. The molecule has 126 valence electrons. The number of ether oxygens (including phenoxy) is 1. The minimum absolute atomic E-state index is 0.0313. The third-order valence-corrected chi connectivity index (χ3v) is 4.45. The van der Waals surface area contributed by atoms with Gasteiger partial charge in [0.25, 0.3) is 5.91 Å². The molecule has 1 atom stereocenters. The van der Waals surface area contributed by atoms with Crippen molar-refractivity contribution in [2.24, 2.45) is 0 Å². The van der Waals surface area contributed by atoms with Crippen molar-refractivity contribution in [2.45, 2.75) is 13.0 Å². The molecule has 2 aromatic carbocycles. The topological polar surface area (TPSA) is 55.4 Å². The molecular weight excluding hydrogens is 445 g/mol. The molecule has 0 spiro atoms. The Balaban J connectivity index is 1.89. The van der Waals surface area contributed by atoms with Gasteiger partial charge < -0.3 is 10.1 Å². The Morgan fingerprint density at radius 2 is 1.83 bits per heavy atom. The van der Waals surface area contributed by atoms with Crippen molar-refractivity contribution in [3.63, 3.8) is 0 Å². The third-order valence-electron chi connectivity index (χ3n) is 3.23. The Morgan fingerprint density at radius 3 is 2.50 bits per heavy atom. The lowest BCUT2D eigenvalue weighted by molar-refractivity contribution is -0.124. The van der Waals surface area contributed by atoms with E-state index in [1.165, 1.54) is 12.1 Å². The van der Waals surface area contributed by atoms with Gasteiger partial charge in [0.05, 0.1) is 11.6 Å². The van der Waals surface area contributed by atoms with Crippen molar-refractivity contribution in [2.75, 3.05) is 6.61 Å². The summed E-state index contributed by atoms with van der Waals surface area (Å²) >= 11 is 6.49. The van der Waals surface area contributed by atoms with Crippen molar-refractivity contribution < 1.29 is 18.7 Å². The number of rotatable bonds is 5. The van der Waals surface area contributed by atoms with E-state index in [-0.39, 0.29) is 11.6 Å². The molecule has 0 aliphatic carbocycles. The first-order valence-electron chi connectivity index (χ1n) is 7.04. The van der Waals surface area contributed by atoms with Crippen LogP contribution in [0.3, 0.4) is 0 Å². The highest BCUT2D eigenvalue weighted by Gasteiger charge is 2.16. The lowest BCUT2D eigenvalue weighted by Gasteiger charge is -2.14. The maximum absolute atomic E-state index is 13.2. The van der Waals surface area contributed by atoms with Gasteiger partial charge in [0, 0.05) is 8.95 Å². The number of hydrogen-bond acceptors (Lipinski definition) is 3. The second kappa shape index (κ2) is 8.39. The van der Waals surface area contributed by atoms with Crippen molar-refractivity contribution in [3.05, 3.63) is 68.4 Å². The molecule has 1 unspecified atom stereocenters. The van der Waals surface area contributed by atoms with E-state index in [0.717, 1.165) is 16.1 Å². The van der Waals surface area contributed by atoms with Gasteiger partial charge >= 0.3 is 5.97 Å². The predicted octanol–water partition coefficient (Wildman–Crippen LogP) is 4.38. The van der Waals surface area contributed by atoms with Crippen molar-refractivity contribution in [1.82, 2.24) is 5.32 Å². The zero-order valence-electron chi connectivity index (χ0n) is 12.7. The summed E-state index contributed by atoms with van der Waals surface area (Å²) in [5.74, 6) is -1.77. The van der Waals surface area contributed by atoms with E-state index in [1.807, 2.05) is 31.2 Å². The zero-order valence-corrected chi connectivity index (χ0v) is 15.9. The smallest absolute Gasteiger partial charge is 0.339 e. The van der Waals surface area contributed by atoms with Gasteiger partial charge in [-0.3, -0.25) is 4.79 Å². The van der Waals surface area contributed by atoms with Crippen LogP contribution in [0.5, 0.6) is 0 Å². The largest absolute Gasteiger partial charge is 0.452 e. The molecule has 0 radical (unpaired) electrons. The second-order valence-electron chi connectivity index (χ2n) is 5.04. The van der Waals surface area contributed by atoms with E-state index in [0.29, 0.717) is 4.47 Å². The number of halogens is 3. The summed E-state index contributed by atoms with van der Waals surface area (Å²) in [6, 6.07) is 10.9. The average molecular weight is 459 g/mol. The zero-order chi connectivity index (χ0) is 17.7. The predicted molar refractivity (Wildman–Crippen MR) is 95.1 cm³/mol. The van der Waals surface area contributed by atoms with Gasteiger partial charge in [0.2, 0.25) is 0 Å². The minimum Gasteiger partial charge on any atom is -0.452 e. The number of benzene rings is 2. The first-order valence-corrected chi connectivity index (χ1v) is 8.62. The van der Waals surface area contributed by atoms with Crippen LogP contribution < -0.4 is 5.32 Å². The van der Waals surface area contributed by atoms with Crippen LogP contribution >= 0.6 is 31.9 Å². The average Bonchev–Trinajstić information content (AvgIpc) is 2.55. The van der Waals surface area contributed by atoms with Crippen LogP contribution in [0.2, 0.25) is 0 Å². The van der Waals surface area contributed by atoms with E-state index in [9.17, 15) is 14.0 Å². The molecule has 0 aliphatic heterocycles. The Bertz CT molecular complexity index is 750. The molecular formula is C17H14Br2FNO3. The molecule has 1 N–H and O–H groups in total. The highest BCUT2D eigenvalue weighted by Crippen LogP contribution is 2.19. The molecule has 0 saturated carbocycles. The van der Waals surface area contributed by atoms with Crippen LogP contribution in [0.1, 0.15) is 28.9 Å². The van der Waals surface area contributed by atoms with Crippen molar-refractivity contribution in [3.8, 4) is 0 Å². The summed E-state index contributed by atoms with van der Waals surface area (Å²) < 4.78 is 19.5. The van der Waals surface area contributed by atoms with E-state index in [4.69, 9.17) is 4.74 Å². The lowest BCUT2D eigenvalue weighted by Crippen LogP contribution is -2.31. The first-order chi connectivity index (χ1) is 11.4. The number of esters is 1. The van der Waals surface area contributed by atoms with Gasteiger partial charge in [-0.1, -0.05) is 28.1 Å². The Morgan fingerprint density at radius 1 is 1.17 bits per heavy atom. The maximum Gasteiger partial charge on any atom is 0.339 e. The molecule has 1 amide bonds. The molecule has 0 heterocycles. The SMILES string of the molecule is CC(NC(=O)COC(=O)c1cc(F)ccc1Br)c1ccc(Br)cc1. The highest BCUT2D eigenvalue weighted by molar-refractivity contribution is 9.10. The number of nitrogens with one attached hydrogen (secondary N) is 1. The second-order valence-corrected chi connectivity index (χ2v) is 6.81. The van der Waals surface area contributed by atoms with Crippen LogP contribution in [0, 0.1) is 5.82 Å². The summed E-state index contributed by atoms with van der Waals surface area (Å²) in [6.07, 6.45) is 0. The summed E-state index contributed by atoms with van der Waals surface area (Å²) in [4.78, 5) is 23.8. The van der Waals surface area contributed by atoms with Gasteiger partial charge in [-0.15, -0.1) is 0 Å². The van der Waals surface area contributed by atoms with Crippen LogP contribution in [-0.4, -0.2) is 18.5 Å². The maximum atomic E-state index is 13.2. The van der Waals surface area contributed by atoms with E-state index < -0.39 is 24.3 Å². The fraction of sp³-hybridized carbons (Fsp3) is 0.176. The number of hydrogen-bond donors (Lipinski definition) is 1. The van der Waals surface area contributed by atoms with Crippen LogP contribution in [0.4, 0.5) is 4.39 Å². The Kier molecular flexibility index (Phi) is 6.51. The first kappa shape index (κ1) is 18.6. The molecule has 0 saturated heterocycles. The molecule has 2 rings (SSSR count). The molecule has 0 bridgehead atoms. The van der Waals surface area contributed by atoms with Gasteiger partial charge in [-0.05, 0) is 58.7 Å². The molecule has 2 aromatic rings. The summed E-state index contributed by atoms with van der Waals surface area (Å²) in [6.45, 7) is 1.38. The van der Waals surface area contributed by atoms with Gasteiger partial charge in [0.15, 0.2) is 6.61 Å². The molecule has 0 fully saturated rings. The molecule has 4 nitrogen and oxygen atoms in total.